The maximum absolute atomic E-state index is 13.2. The molecule has 0 saturated heterocycles. The largest absolute Gasteiger partial charge is 0.292 e. The highest BCUT2D eigenvalue weighted by Crippen LogP contribution is 2.17. The monoisotopic (exact) mass is 218 g/mol. The van der Waals surface area contributed by atoms with E-state index in [1.807, 2.05) is 0 Å². The molecule has 1 aromatic carbocycles. The van der Waals surface area contributed by atoms with Gasteiger partial charge in [-0.1, -0.05) is 0 Å². The average molecular weight is 219 g/mol. The van der Waals surface area contributed by atoms with Crippen LogP contribution in [0.25, 0.3) is 0 Å². The molecular formula is C10H9ClF2O. The Balaban J connectivity index is 3.22. The van der Waals surface area contributed by atoms with Crippen LogP contribution in [0.4, 0.5) is 8.78 Å². The predicted molar refractivity (Wildman–Crippen MR) is 50.7 cm³/mol. The lowest BCUT2D eigenvalue weighted by atomic mass is 10.1. The van der Waals surface area contributed by atoms with E-state index >= 15 is 0 Å². The van der Waals surface area contributed by atoms with E-state index in [4.69, 9.17) is 11.6 Å². The van der Waals surface area contributed by atoms with Gasteiger partial charge < -0.3 is 0 Å². The van der Waals surface area contributed by atoms with E-state index in [9.17, 15) is 13.6 Å². The van der Waals surface area contributed by atoms with Crippen molar-refractivity contribution < 1.29 is 13.6 Å². The van der Waals surface area contributed by atoms with Gasteiger partial charge in [0.25, 0.3) is 0 Å². The fourth-order valence-electron chi connectivity index (χ4n) is 1.05. The van der Waals surface area contributed by atoms with E-state index in [0.29, 0.717) is 0 Å². The predicted octanol–water partition coefficient (Wildman–Crippen LogP) is 3.08. The van der Waals surface area contributed by atoms with Gasteiger partial charge >= 0.3 is 0 Å². The third-order valence-corrected chi connectivity index (χ3v) is 2.07. The van der Waals surface area contributed by atoms with Crippen LogP contribution < -0.4 is 0 Å². The number of halogens is 3. The summed E-state index contributed by atoms with van der Waals surface area (Å²) < 4.78 is 26.2. The number of rotatable bonds is 2. The van der Waals surface area contributed by atoms with Gasteiger partial charge in [0.2, 0.25) is 0 Å². The highest BCUT2D eigenvalue weighted by atomic mass is 35.5. The van der Waals surface area contributed by atoms with E-state index < -0.39 is 22.8 Å². The molecule has 0 saturated carbocycles. The van der Waals surface area contributed by atoms with Crippen molar-refractivity contribution in [1.82, 2.24) is 0 Å². The first-order chi connectivity index (χ1) is 6.43. The highest BCUT2D eigenvalue weighted by Gasteiger charge is 2.18. The van der Waals surface area contributed by atoms with Crippen molar-refractivity contribution in [3.63, 3.8) is 0 Å². The number of ketones is 1. The van der Waals surface area contributed by atoms with Gasteiger partial charge in [0, 0.05) is 0 Å². The van der Waals surface area contributed by atoms with Gasteiger partial charge in [-0.05, 0) is 31.5 Å². The summed E-state index contributed by atoms with van der Waals surface area (Å²) in [5.41, 5.74) is -0.128. The van der Waals surface area contributed by atoms with Crippen LogP contribution in [0.3, 0.4) is 0 Å². The maximum atomic E-state index is 13.2. The zero-order valence-corrected chi connectivity index (χ0v) is 8.53. The Morgan fingerprint density at radius 2 is 1.93 bits per heavy atom. The Morgan fingerprint density at radius 3 is 2.43 bits per heavy atom. The molecule has 0 aliphatic carbocycles. The van der Waals surface area contributed by atoms with Crippen molar-refractivity contribution in [2.75, 3.05) is 0 Å². The fourth-order valence-corrected chi connectivity index (χ4v) is 1.17. The van der Waals surface area contributed by atoms with Crippen molar-refractivity contribution in [2.45, 2.75) is 19.2 Å². The molecule has 0 spiro atoms. The number of hydrogen-bond donors (Lipinski definition) is 0. The molecule has 0 aliphatic heterocycles. The van der Waals surface area contributed by atoms with Crippen molar-refractivity contribution in [1.29, 1.82) is 0 Å². The summed E-state index contributed by atoms with van der Waals surface area (Å²) in [7, 11) is 0. The number of alkyl halides is 1. The Bertz CT molecular complexity index is 375. The van der Waals surface area contributed by atoms with Crippen LogP contribution in [-0.2, 0) is 0 Å². The Labute approximate surface area is 85.7 Å². The molecule has 0 heterocycles. The summed E-state index contributed by atoms with van der Waals surface area (Å²) in [5.74, 6) is -1.95. The van der Waals surface area contributed by atoms with Gasteiger partial charge in [-0.25, -0.2) is 8.78 Å². The Morgan fingerprint density at radius 1 is 1.36 bits per heavy atom. The van der Waals surface area contributed by atoms with Crippen LogP contribution in [0.1, 0.15) is 22.8 Å². The normalized spacial score (nSPS) is 12.6. The molecule has 76 valence electrons. The SMILES string of the molecule is Cc1cc(F)c(C(=O)C(C)Cl)cc1F. The lowest BCUT2D eigenvalue weighted by molar-refractivity contribution is 0.0987. The number of hydrogen-bond acceptors (Lipinski definition) is 1. The number of carbonyl (C=O) groups is 1. The van der Waals surface area contributed by atoms with Crippen LogP contribution in [0.15, 0.2) is 12.1 Å². The maximum Gasteiger partial charge on any atom is 0.183 e. The fraction of sp³-hybridized carbons (Fsp3) is 0.300. The summed E-state index contributed by atoms with van der Waals surface area (Å²) in [4.78, 5) is 11.3. The molecule has 1 aromatic rings. The standard InChI is InChI=1S/C10H9ClF2O/c1-5-3-9(13)7(4-8(5)12)10(14)6(2)11/h3-4,6H,1-2H3. The molecule has 0 N–H and O–H groups in total. The van der Waals surface area contributed by atoms with Crippen LogP contribution in [0, 0.1) is 18.6 Å². The molecule has 0 radical (unpaired) electrons. The van der Waals surface area contributed by atoms with Crippen LogP contribution in [0.5, 0.6) is 0 Å². The lowest BCUT2D eigenvalue weighted by Crippen LogP contribution is -2.13. The van der Waals surface area contributed by atoms with Gasteiger partial charge in [0.15, 0.2) is 5.78 Å². The number of benzene rings is 1. The highest BCUT2D eigenvalue weighted by molar-refractivity contribution is 6.33. The zero-order valence-electron chi connectivity index (χ0n) is 7.77. The van der Waals surface area contributed by atoms with Crippen molar-refractivity contribution in [3.05, 3.63) is 34.9 Å². The second kappa shape index (κ2) is 4.05. The minimum Gasteiger partial charge on any atom is -0.292 e. The topological polar surface area (TPSA) is 17.1 Å². The molecular weight excluding hydrogens is 210 g/mol. The molecule has 0 bridgehead atoms. The molecule has 14 heavy (non-hydrogen) atoms. The third kappa shape index (κ3) is 2.10. The van der Waals surface area contributed by atoms with E-state index in [1.54, 1.807) is 0 Å². The van der Waals surface area contributed by atoms with Crippen molar-refractivity contribution in [3.8, 4) is 0 Å². The molecule has 1 nitrogen and oxygen atoms in total. The van der Waals surface area contributed by atoms with Crippen molar-refractivity contribution in [2.24, 2.45) is 0 Å². The number of carbonyl (C=O) groups excluding carboxylic acids is 1. The first-order valence-corrected chi connectivity index (χ1v) is 4.51. The minimum absolute atomic E-state index is 0.168. The van der Waals surface area contributed by atoms with Gasteiger partial charge in [-0.2, -0.15) is 0 Å². The Kier molecular flexibility index (Phi) is 3.21. The first kappa shape index (κ1) is 11.1. The summed E-state index contributed by atoms with van der Waals surface area (Å²) >= 11 is 5.49. The molecule has 4 heteroatoms. The summed E-state index contributed by atoms with van der Waals surface area (Å²) in [6.45, 7) is 2.85. The average Bonchev–Trinajstić information content (AvgIpc) is 2.10. The van der Waals surface area contributed by atoms with E-state index in [1.165, 1.54) is 13.8 Å². The second-order valence-corrected chi connectivity index (χ2v) is 3.72. The quantitative estimate of drug-likeness (QED) is 0.551. The van der Waals surface area contributed by atoms with Crippen molar-refractivity contribution >= 4 is 17.4 Å². The summed E-state index contributed by atoms with van der Waals surface area (Å²) in [6.07, 6.45) is 0. The van der Waals surface area contributed by atoms with Gasteiger partial charge in [0.1, 0.15) is 11.6 Å². The van der Waals surface area contributed by atoms with Crippen LogP contribution in [-0.4, -0.2) is 11.2 Å². The van der Waals surface area contributed by atoms with Gasteiger partial charge in [-0.15, -0.1) is 11.6 Å². The molecule has 1 unspecified atom stereocenters. The zero-order chi connectivity index (χ0) is 10.9. The van der Waals surface area contributed by atoms with E-state index in [-0.39, 0.29) is 11.1 Å². The smallest absolute Gasteiger partial charge is 0.183 e. The van der Waals surface area contributed by atoms with Gasteiger partial charge in [-0.3, -0.25) is 4.79 Å². The molecule has 0 aromatic heterocycles. The number of Topliss-reactive ketones (excluding diaryl/α,β-unsaturated/α-hetero) is 1. The molecule has 0 aliphatic rings. The first-order valence-electron chi connectivity index (χ1n) is 4.07. The molecule has 1 atom stereocenters. The number of aryl methyl sites for hydroxylation is 1. The van der Waals surface area contributed by atoms with Gasteiger partial charge in [0.05, 0.1) is 10.9 Å². The second-order valence-electron chi connectivity index (χ2n) is 3.06. The summed E-state index contributed by atoms with van der Waals surface area (Å²) in [5, 5.41) is -0.855. The molecule has 1 rings (SSSR count). The van der Waals surface area contributed by atoms with Crippen LogP contribution >= 0.6 is 11.6 Å². The molecule has 0 amide bonds. The third-order valence-electron chi connectivity index (χ3n) is 1.88. The molecule has 0 fully saturated rings. The van der Waals surface area contributed by atoms with E-state index in [2.05, 4.69) is 0 Å². The Hall–Kier alpha value is -0.960. The lowest BCUT2D eigenvalue weighted by Gasteiger charge is -2.05. The minimum atomic E-state index is -0.855. The van der Waals surface area contributed by atoms with Crippen LogP contribution in [0.2, 0.25) is 0 Å². The summed E-state index contributed by atoms with van der Waals surface area (Å²) in [6, 6.07) is 1.87. The van der Waals surface area contributed by atoms with E-state index in [0.717, 1.165) is 12.1 Å².